The number of nitrogens with two attached hydrogens (primary N) is 1. The minimum atomic E-state index is -0.966. The summed E-state index contributed by atoms with van der Waals surface area (Å²) in [5.74, 6) is -0.530. The highest BCUT2D eigenvalue weighted by Gasteiger charge is 2.11. The molecule has 5 heteroatoms. The van der Waals surface area contributed by atoms with Gasteiger partial charge in [0.15, 0.2) is 0 Å². The summed E-state index contributed by atoms with van der Waals surface area (Å²) in [6.07, 6.45) is 4.13. The first-order chi connectivity index (χ1) is 7.00. The van der Waals surface area contributed by atoms with Crippen molar-refractivity contribution in [2.24, 2.45) is 5.73 Å². The standard InChI is InChI=1S/C10H17N3O2/c1-7(2)8-5-12-13(6-8)4-3-9(11)10(14)15/h5-7,9H,3-4,11H2,1-2H3,(H,14,15). The number of rotatable bonds is 5. The van der Waals surface area contributed by atoms with Gasteiger partial charge in [-0.3, -0.25) is 9.48 Å². The van der Waals surface area contributed by atoms with Crippen LogP contribution in [0.2, 0.25) is 0 Å². The summed E-state index contributed by atoms with van der Waals surface area (Å²) < 4.78 is 1.73. The summed E-state index contributed by atoms with van der Waals surface area (Å²) in [6.45, 7) is 4.72. The topological polar surface area (TPSA) is 81.1 Å². The molecule has 84 valence electrons. The van der Waals surface area contributed by atoms with E-state index in [1.165, 1.54) is 0 Å². The fraction of sp³-hybridized carbons (Fsp3) is 0.600. The average molecular weight is 211 g/mol. The molecule has 1 aromatic heterocycles. The molecule has 3 N–H and O–H groups in total. The molecule has 0 aliphatic carbocycles. The molecule has 1 aromatic rings. The second kappa shape index (κ2) is 4.93. The second-order valence-electron chi connectivity index (χ2n) is 3.92. The van der Waals surface area contributed by atoms with E-state index in [1.807, 2.05) is 6.20 Å². The fourth-order valence-electron chi connectivity index (χ4n) is 1.19. The van der Waals surface area contributed by atoms with E-state index in [0.717, 1.165) is 5.56 Å². The number of carbonyl (C=O) groups is 1. The molecule has 15 heavy (non-hydrogen) atoms. The van der Waals surface area contributed by atoms with Crippen LogP contribution in [0.5, 0.6) is 0 Å². The van der Waals surface area contributed by atoms with Gasteiger partial charge in [0.1, 0.15) is 6.04 Å². The number of aromatic nitrogens is 2. The predicted molar refractivity (Wildman–Crippen MR) is 56.5 cm³/mol. The number of aryl methyl sites for hydroxylation is 1. The van der Waals surface area contributed by atoms with Gasteiger partial charge in [-0.2, -0.15) is 5.10 Å². The van der Waals surface area contributed by atoms with Crippen LogP contribution in [0.4, 0.5) is 0 Å². The SMILES string of the molecule is CC(C)c1cnn(CCC(N)C(=O)O)c1. The highest BCUT2D eigenvalue weighted by atomic mass is 16.4. The van der Waals surface area contributed by atoms with Gasteiger partial charge in [0.25, 0.3) is 0 Å². The van der Waals surface area contributed by atoms with Gasteiger partial charge < -0.3 is 10.8 Å². The van der Waals surface area contributed by atoms with Crippen molar-refractivity contribution in [1.29, 1.82) is 0 Å². The first kappa shape index (κ1) is 11.7. The second-order valence-corrected chi connectivity index (χ2v) is 3.92. The Bertz CT molecular complexity index is 333. The highest BCUT2D eigenvalue weighted by Crippen LogP contribution is 2.12. The van der Waals surface area contributed by atoms with Gasteiger partial charge >= 0.3 is 5.97 Å². The molecule has 0 aromatic carbocycles. The lowest BCUT2D eigenvalue weighted by molar-refractivity contribution is -0.138. The lowest BCUT2D eigenvalue weighted by atomic mass is 10.1. The maximum Gasteiger partial charge on any atom is 0.320 e. The van der Waals surface area contributed by atoms with Crippen molar-refractivity contribution in [3.8, 4) is 0 Å². The maximum atomic E-state index is 10.5. The van der Waals surface area contributed by atoms with Gasteiger partial charge in [-0.15, -0.1) is 0 Å². The van der Waals surface area contributed by atoms with Gasteiger partial charge in [0.2, 0.25) is 0 Å². The van der Waals surface area contributed by atoms with Gasteiger partial charge in [0, 0.05) is 12.7 Å². The Kier molecular flexibility index (Phi) is 3.85. The summed E-state index contributed by atoms with van der Waals surface area (Å²) in [5, 5.41) is 12.7. The molecule has 0 radical (unpaired) electrons. The van der Waals surface area contributed by atoms with E-state index in [9.17, 15) is 4.79 Å². The molecule has 1 unspecified atom stereocenters. The van der Waals surface area contributed by atoms with Gasteiger partial charge in [-0.1, -0.05) is 13.8 Å². The third-order valence-corrected chi connectivity index (χ3v) is 2.31. The van der Waals surface area contributed by atoms with Crippen LogP contribution in [0.3, 0.4) is 0 Å². The summed E-state index contributed by atoms with van der Waals surface area (Å²) in [7, 11) is 0. The van der Waals surface area contributed by atoms with E-state index in [2.05, 4.69) is 18.9 Å². The average Bonchev–Trinajstić information content (AvgIpc) is 2.62. The third kappa shape index (κ3) is 3.36. The number of nitrogens with zero attached hydrogens (tertiary/aromatic N) is 2. The fourth-order valence-corrected chi connectivity index (χ4v) is 1.19. The zero-order valence-corrected chi connectivity index (χ0v) is 9.05. The number of hydrogen-bond acceptors (Lipinski definition) is 3. The molecule has 5 nitrogen and oxygen atoms in total. The number of carboxylic acids is 1. The van der Waals surface area contributed by atoms with Crippen LogP contribution in [0.15, 0.2) is 12.4 Å². The lowest BCUT2D eigenvalue weighted by Crippen LogP contribution is -2.31. The zero-order valence-electron chi connectivity index (χ0n) is 9.05. The molecular weight excluding hydrogens is 194 g/mol. The molecule has 1 rings (SSSR count). The Morgan fingerprint density at radius 3 is 2.80 bits per heavy atom. The molecule has 0 aliphatic rings. The summed E-state index contributed by atoms with van der Waals surface area (Å²) in [5.41, 5.74) is 6.54. The van der Waals surface area contributed by atoms with E-state index in [-0.39, 0.29) is 0 Å². The maximum absolute atomic E-state index is 10.5. The molecule has 0 saturated carbocycles. The minimum absolute atomic E-state index is 0.397. The van der Waals surface area contributed by atoms with E-state index >= 15 is 0 Å². The van der Waals surface area contributed by atoms with E-state index in [0.29, 0.717) is 18.9 Å². The van der Waals surface area contributed by atoms with Crippen LogP contribution in [0, 0.1) is 0 Å². The molecular formula is C10H17N3O2. The van der Waals surface area contributed by atoms with E-state index < -0.39 is 12.0 Å². The summed E-state index contributed by atoms with van der Waals surface area (Å²) in [6, 6.07) is -0.809. The van der Waals surface area contributed by atoms with Crippen LogP contribution in [-0.4, -0.2) is 26.9 Å². The molecule has 0 fully saturated rings. The smallest absolute Gasteiger partial charge is 0.320 e. The Hall–Kier alpha value is -1.36. The quantitative estimate of drug-likeness (QED) is 0.755. The van der Waals surface area contributed by atoms with Crippen molar-refractivity contribution < 1.29 is 9.90 Å². The zero-order chi connectivity index (χ0) is 11.4. The van der Waals surface area contributed by atoms with Crippen molar-refractivity contribution in [2.45, 2.75) is 38.8 Å². The van der Waals surface area contributed by atoms with Crippen molar-refractivity contribution in [3.63, 3.8) is 0 Å². The number of carboxylic acid groups (broad SMARTS) is 1. The molecule has 0 saturated heterocycles. The van der Waals surface area contributed by atoms with Crippen LogP contribution < -0.4 is 5.73 Å². The first-order valence-corrected chi connectivity index (χ1v) is 5.01. The van der Waals surface area contributed by atoms with Crippen molar-refractivity contribution in [3.05, 3.63) is 18.0 Å². The Balaban J connectivity index is 2.47. The van der Waals surface area contributed by atoms with Gasteiger partial charge in [-0.05, 0) is 17.9 Å². The number of aliphatic carboxylic acids is 1. The first-order valence-electron chi connectivity index (χ1n) is 5.01. The molecule has 0 spiro atoms. The molecule has 0 amide bonds. The highest BCUT2D eigenvalue weighted by molar-refractivity contribution is 5.72. The molecule has 0 aliphatic heterocycles. The van der Waals surface area contributed by atoms with E-state index in [1.54, 1.807) is 10.9 Å². The van der Waals surface area contributed by atoms with Crippen LogP contribution in [0.1, 0.15) is 31.7 Å². The van der Waals surface area contributed by atoms with Crippen molar-refractivity contribution in [2.75, 3.05) is 0 Å². The molecule has 1 heterocycles. The van der Waals surface area contributed by atoms with Crippen LogP contribution >= 0.6 is 0 Å². The van der Waals surface area contributed by atoms with Gasteiger partial charge in [0.05, 0.1) is 6.20 Å². The lowest BCUT2D eigenvalue weighted by Gasteiger charge is -2.05. The van der Waals surface area contributed by atoms with Crippen LogP contribution in [0.25, 0.3) is 0 Å². The van der Waals surface area contributed by atoms with Crippen molar-refractivity contribution in [1.82, 2.24) is 9.78 Å². The third-order valence-electron chi connectivity index (χ3n) is 2.31. The van der Waals surface area contributed by atoms with E-state index in [4.69, 9.17) is 10.8 Å². The monoisotopic (exact) mass is 211 g/mol. The summed E-state index contributed by atoms with van der Waals surface area (Å²) >= 11 is 0. The molecule has 0 bridgehead atoms. The van der Waals surface area contributed by atoms with Crippen molar-refractivity contribution >= 4 is 5.97 Å². The predicted octanol–water partition coefficient (Wildman–Crippen LogP) is 0.808. The number of hydrogen-bond donors (Lipinski definition) is 2. The Morgan fingerprint density at radius 1 is 1.67 bits per heavy atom. The largest absolute Gasteiger partial charge is 0.480 e. The molecule has 1 atom stereocenters. The Morgan fingerprint density at radius 2 is 2.33 bits per heavy atom. The Labute approximate surface area is 88.9 Å². The minimum Gasteiger partial charge on any atom is -0.480 e. The van der Waals surface area contributed by atoms with Crippen LogP contribution in [-0.2, 0) is 11.3 Å². The normalized spacial score (nSPS) is 13.1. The van der Waals surface area contributed by atoms with Gasteiger partial charge in [-0.25, -0.2) is 0 Å². The summed E-state index contributed by atoms with van der Waals surface area (Å²) in [4.78, 5) is 10.5.